The first kappa shape index (κ1) is 22.3. The highest BCUT2D eigenvalue weighted by Gasteiger charge is 2.23. The number of hydrogen-bond donors (Lipinski definition) is 1. The minimum absolute atomic E-state index is 0.0738. The summed E-state index contributed by atoms with van der Waals surface area (Å²) in [4.78, 5) is 12.4. The molecule has 0 aliphatic heterocycles. The molecule has 8 nitrogen and oxygen atoms in total. The molecule has 0 unspecified atom stereocenters. The molecule has 2 aromatic carbocycles. The fraction of sp³-hybridized carbons (Fsp3) is 0.316. The molecule has 0 atom stereocenters. The van der Waals surface area contributed by atoms with Crippen molar-refractivity contribution in [3.8, 4) is 17.2 Å². The fourth-order valence-corrected chi connectivity index (χ4v) is 3.52. The molecule has 0 fully saturated rings. The average molecular weight is 426 g/mol. The molecular weight excluding hydrogens is 403 g/mol. The van der Waals surface area contributed by atoms with Gasteiger partial charge in [0.2, 0.25) is 21.7 Å². The summed E-state index contributed by atoms with van der Waals surface area (Å²) in [5.41, 5.74) is 0.447. The van der Waals surface area contributed by atoms with Gasteiger partial charge in [-0.05, 0) is 29.8 Å². The normalized spacial score (nSPS) is 10.9. The lowest BCUT2D eigenvalue weighted by atomic mass is 10.1. The van der Waals surface area contributed by atoms with Gasteiger partial charge in [-0.25, -0.2) is 12.8 Å². The molecule has 0 aromatic heterocycles. The number of ether oxygens (including phenoxy) is 3. The molecule has 2 aromatic rings. The van der Waals surface area contributed by atoms with Crippen LogP contribution in [-0.2, 0) is 21.4 Å². The third-order valence-electron chi connectivity index (χ3n) is 4.02. The summed E-state index contributed by atoms with van der Waals surface area (Å²) in [5.74, 6) is -0.101. The largest absolute Gasteiger partial charge is 0.493 e. The summed E-state index contributed by atoms with van der Waals surface area (Å²) in [6, 6.07) is 8.66. The molecule has 1 N–H and O–H groups in total. The summed E-state index contributed by atoms with van der Waals surface area (Å²) >= 11 is 0. The zero-order chi connectivity index (χ0) is 21.6. The smallest absolute Gasteiger partial charge is 0.241 e. The van der Waals surface area contributed by atoms with E-state index in [1.54, 1.807) is 12.1 Å². The van der Waals surface area contributed by atoms with Gasteiger partial charge in [0.15, 0.2) is 11.5 Å². The Labute approximate surface area is 169 Å². The molecular formula is C19H23FN2O6S. The highest BCUT2D eigenvalue weighted by atomic mass is 32.2. The van der Waals surface area contributed by atoms with Crippen LogP contribution in [0.1, 0.15) is 5.56 Å². The number of nitrogens with one attached hydrogen (secondary N) is 1. The van der Waals surface area contributed by atoms with Gasteiger partial charge in [0, 0.05) is 6.54 Å². The van der Waals surface area contributed by atoms with Crippen molar-refractivity contribution < 1.29 is 31.8 Å². The van der Waals surface area contributed by atoms with Crippen molar-refractivity contribution in [1.29, 1.82) is 0 Å². The highest BCUT2D eigenvalue weighted by Crippen LogP contribution is 2.38. The Balaban J connectivity index is 2.17. The van der Waals surface area contributed by atoms with E-state index in [0.717, 1.165) is 12.3 Å². The minimum atomic E-state index is -3.87. The van der Waals surface area contributed by atoms with Crippen LogP contribution >= 0.6 is 0 Å². The van der Waals surface area contributed by atoms with Crippen molar-refractivity contribution in [2.24, 2.45) is 0 Å². The predicted molar refractivity (Wildman–Crippen MR) is 107 cm³/mol. The molecule has 0 heterocycles. The van der Waals surface area contributed by atoms with Gasteiger partial charge in [-0.1, -0.05) is 12.1 Å². The van der Waals surface area contributed by atoms with Gasteiger partial charge in [-0.15, -0.1) is 0 Å². The summed E-state index contributed by atoms with van der Waals surface area (Å²) in [7, 11) is 0.544. The zero-order valence-electron chi connectivity index (χ0n) is 16.6. The molecule has 0 saturated carbocycles. The first-order valence-electron chi connectivity index (χ1n) is 8.49. The first-order chi connectivity index (χ1) is 13.7. The second kappa shape index (κ2) is 9.46. The van der Waals surface area contributed by atoms with Crippen LogP contribution in [0.25, 0.3) is 0 Å². The number of halogens is 1. The van der Waals surface area contributed by atoms with Crippen LogP contribution in [0.15, 0.2) is 36.4 Å². The Hall–Kier alpha value is -3.01. The number of benzene rings is 2. The third-order valence-corrected chi connectivity index (χ3v) is 5.15. The first-order valence-corrected chi connectivity index (χ1v) is 10.3. The maximum atomic E-state index is 14.0. The zero-order valence-corrected chi connectivity index (χ0v) is 17.4. The van der Waals surface area contributed by atoms with Crippen molar-refractivity contribution in [3.05, 3.63) is 47.8 Å². The quantitative estimate of drug-likeness (QED) is 0.659. The van der Waals surface area contributed by atoms with Crippen LogP contribution in [-0.4, -0.2) is 48.5 Å². The Morgan fingerprint density at radius 1 is 1.07 bits per heavy atom. The van der Waals surface area contributed by atoms with E-state index in [2.05, 4.69) is 5.32 Å². The van der Waals surface area contributed by atoms with E-state index < -0.39 is 28.3 Å². The molecule has 0 spiro atoms. The van der Waals surface area contributed by atoms with Gasteiger partial charge < -0.3 is 19.5 Å². The Bertz CT molecular complexity index is 955. The number of nitrogens with zero attached hydrogens (tertiary/aromatic N) is 1. The van der Waals surface area contributed by atoms with Gasteiger partial charge in [-0.3, -0.25) is 9.10 Å². The van der Waals surface area contributed by atoms with E-state index in [-0.39, 0.29) is 12.2 Å². The number of anilines is 1. The number of rotatable bonds is 9. The monoisotopic (exact) mass is 426 g/mol. The molecule has 158 valence electrons. The molecule has 0 aliphatic carbocycles. The number of para-hydroxylation sites is 1. The Kier molecular flexibility index (Phi) is 7.27. The van der Waals surface area contributed by atoms with Crippen LogP contribution in [0.3, 0.4) is 0 Å². The van der Waals surface area contributed by atoms with Gasteiger partial charge in [0.25, 0.3) is 0 Å². The number of carbonyl (C=O) groups excluding carboxylic acids is 1. The third kappa shape index (κ3) is 5.50. The molecule has 2 rings (SSSR count). The van der Waals surface area contributed by atoms with Crippen molar-refractivity contribution in [2.75, 3.05) is 38.4 Å². The number of methoxy groups -OCH3 is 3. The summed E-state index contributed by atoms with van der Waals surface area (Å²) in [5, 5.41) is 2.61. The van der Waals surface area contributed by atoms with E-state index in [1.807, 2.05) is 0 Å². The van der Waals surface area contributed by atoms with Crippen LogP contribution in [0.4, 0.5) is 10.1 Å². The van der Waals surface area contributed by atoms with Crippen LogP contribution in [0.2, 0.25) is 0 Å². The van der Waals surface area contributed by atoms with Crippen LogP contribution < -0.4 is 23.8 Å². The number of sulfonamides is 1. The predicted octanol–water partition coefficient (Wildman–Crippen LogP) is 1.93. The standard InChI is InChI=1S/C19H23FN2O6S/c1-26-16-9-13(10-17(27-2)19(16)28-3)11-21-18(23)12-22(29(4,24)25)15-8-6-5-7-14(15)20/h5-10H,11-12H2,1-4H3,(H,21,23). The second-order valence-electron chi connectivity index (χ2n) is 6.03. The van der Waals surface area contributed by atoms with E-state index in [0.29, 0.717) is 27.1 Å². The summed E-state index contributed by atoms with van der Waals surface area (Å²) < 4.78 is 54.6. The number of carbonyl (C=O) groups is 1. The van der Waals surface area contributed by atoms with Crippen LogP contribution in [0, 0.1) is 5.82 Å². The Morgan fingerprint density at radius 3 is 2.14 bits per heavy atom. The molecule has 0 aliphatic rings. The van der Waals surface area contributed by atoms with Crippen LogP contribution in [0.5, 0.6) is 17.2 Å². The summed E-state index contributed by atoms with van der Waals surface area (Å²) in [6.45, 7) is -0.491. The molecule has 1 amide bonds. The van der Waals surface area contributed by atoms with E-state index in [9.17, 15) is 17.6 Å². The van der Waals surface area contributed by atoms with E-state index in [4.69, 9.17) is 14.2 Å². The van der Waals surface area contributed by atoms with Crippen molar-refractivity contribution >= 4 is 21.6 Å². The van der Waals surface area contributed by atoms with Crippen molar-refractivity contribution in [2.45, 2.75) is 6.54 Å². The average Bonchev–Trinajstić information content (AvgIpc) is 2.69. The lowest BCUT2D eigenvalue weighted by Crippen LogP contribution is -2.40. The van der Waals surface area contributed by atoms with Gasteiger partial charge in [0.05, 0.1) is 33.3 Å². The topological polar surface area (TPSA) is 94.2 Å². The number of amides is 1. The summed E-state index contributed by atoms with van der Waals surface area (Å²) in [6.07, 6.45) is 0.909. The SMILES string of the molecule is COc1cc(CNC(=O)CN(c2ccccc2F)S(C)(=O)=O)cc(OC)c1OC. The molecule has 0 radical (unpaired) electrons. The lowest BCUT2D eigenvalue weighted by Gasteiger charge is -2.22. The maximum absolute atomic E-state index is 14.0. The maximum Gasteiger partial charge on any atom is 0.241 e. The van der Waals surface area contributed by atoms with E-state index in [1.165, 1.54) is 39.5 Å². The minimum Gasteiger partial charge on any atom is -0.493 e. The Morgan fingerprint density at radius 2 is 1.66 bits per heavy atom. The molecule has 0 bridgehead atoms. The fourth-order valence-electron chi connectivity index (χ4n) is 2.66. The molecule has 29 heavy (non-hydrogen) atoms. The van der Waals surface area contributed by atoms with E-state index >= 15 is 0 Å². The molecule has 0 saturated heterocycles. The lowest BCUT2D eigenvalue weighted by molar-refractivity contribution is -0.119. The van der Waals surface area contributed by atoms with Crippen molar-refractivity contribution in [3.63, 3.8) is 0 Å². The number of hydrogen-bond acceptors (Lipinski definition) is 6. The van der Waals surface area contributed by atoms with Gasteiger partial charge in [-0.2, -0.15) is 0 Å². The highest BCUT2D eigenvalue weighted by molar-refractivity contribution is 7.92. The van der Waals surface area contributed by atoms with Crippen molar-refractivity contribution in [1.82, 2.24) is 5.32 Å². The molecule has 10 heteroatoms. The van der Waals surface area contributed by atoms with Gasteiger partial charge in [0.1, 0.15) is 12.4 Å². The second-order valence-corrected chi connectivity index (χ2v) is 7.94. The van der Waals surface area contributed by atoms with Gasteiger partial charge >= 0.3 is 0 Å².